The Balaban J connectivity index is 1.60. The molecule has 0 aliphatic carbocycles. The normalized spacial score (nSPS) is 11.0. The summed E-state index contributed by atoms with van der Waals surface area (Å²) in [5, 5.41) is 0. The highest BCUT2D eigenvalue weighted by molar-refractivity contribution is 5.70. The summed E-state index contributed by atoms with van der Waals surface area (Å²) in [5.41, 5.74) is 4.56. The van der Waals surface area contributed by atoms with Gasteiger partial charge < -0.3 is 0 Å². The van der Waals surface area contributed by atoms with Gasteiger partial charge in [0.1, 0.15) is 0 Å². The maximum absolute atomic E-state index is 14.0. The number of benzene rings is 3. The van der Waals surface area contributed by atoms with Crippen LogP contribution in [0, 0.1) is 11.6 Å². The van der Waals surface area contributed by atoms with Crippen LogP contribution in [0.25, 0.3) is 22.3 Å². The Morgan fingerprint density at radius 1 is 0.607 bits per heavy atom. The molecule has 0 aromatic heterocycles. The van der Waals surface area contributed by atoms with E-state index in [0.717, 1.165) is 23.6 Å². The largest absolute Gasteiger partial charge is 0.204 e. The Bertz CT molecular complexity index is 864. The highest BCUT2D eigenvalue weighted by atomic mass is 19.2. The number of rotatable bonds is 9. The molecule has 0 bridgehead atoms. The van der Waals surface area contributed by atoms with E-state index in [2.05, 4.69) is 31.2 Å². The molecule has 0 atom stereocenters. The first-order chi connectivity index (χ1) is 13.7. The molecule has 0 saturated heterocycles. The highest BCUT2D eigenvalue weighted by Gasteiger charge is 2.09. The van der Waals surface area contributed by atoms with Crippen molar-refractivity contribution in [2.45, 2.75) is 51.9 Å². The SMILES string of the molecule is CCCCCCCCc1ccc(-c2ccc(-c3cccc(F)c3F)cc2)cc1. The second-order valence-electron chi connectivity index (χ2n) is 7.39. The van der Waals surface area contributed by atoms with Crippen LogP contribution < -0.4 is 0 Å². The van der Waals surface area contributed by atoms with Crippen LogP contribution in [0.2, 0.25) is 0 Å². The van der Waals surface area contributed by atoms with Crippen molar-refractivity contribution < 1.29 is 8.78 Å². The average Bonchev–Trinajstić information content (AvgIpc) is 2.73. The molecule has 3 aromatic carbocycles. The van der Waals surface area contributed by atoms with Gasteiger partial charge in [0.25, 0.3) is 0 Å². The van der Waals surface area contributed by atoms with Gasteiger partial charge in [0, 0.05) is 5.56 Å². The molecule has 3 rings (SSSR count). The molecular weight excluding hydrogens is 350 g/mol. The molecule has 0 nitrogen and oxygen atoms in total. The maximum atomic E-state index is 14.0. The summed E-state index contributed by atoms with van der Waals surface area (Å²) in [6.45, 7) is 2.24. The van der Waals surface area contributed by atoms with E-state index in [0.29, 0.717) is 11.1 Å². The third-order valence-corrected chi connectivity index (χ3v) is 5.25. The first-order valence-corrected chi connectivity index (χ1v) is 10.3. The van der Waals surface area contributed by atoms with Crippen LogP contribution in [0.1, 0.15) is 51.0 Å². The Kier molecular flexibility index (Phi) is 7.36. The van der Waals surface area contributed by atoms with Gasteiger partial charge >= 0.3 is 0 Å². The Hall–Kier alpha value is -2.48. The minimum atomic E-state index is -0.817. The maximum Gasteiger partial charge on any atom is 0.166 e. The molecule has 28 heavy (non-hydrogen) atoms. The van der Waals surface area contributed by atoms with Crippen molar-refractivity contribution in [3.05, 3.63) is 83.9 Å². The fourth-order valence-electron chi connectivity index (χ4n) is 3.54. The second kappa shape index (κ2) is 10.2. The molecular formula is C26H28F2. The first kappa shape index (κ1) is 20.3. The van der Waals surface area contributed by atoms with Crippen LogP contribution in [0.4, 0.5) is 8.78 Å². The third-order valence-electron chi connectivity index (χ3n) is 5.25. The Morgan fingerprint density at radius 3 is 1.86 bits per heavy atom. The van der Waals surface area contributed by atoms with Crippen molar-refractivity contribution in [3.8, 4) is 22.3 Å². The Morgan fingerprint density at radius 2 is 1.18 bits per heavy atom. The van der Waals surface area contributed by atoms with Crippen LogP contribution in [0.15, 0.2) is 66.7 Å². The lowest BCUT2D eigenvalue weighted by Crippen LogP contribution is -1.89. The van der Waals surface area contributed by atoms with E-state index in [1.165, 1.54) is 50.2 Å². The number of aryl methyl sites for hydroxylation is 1. The fourth-order valence-corrected chi connectivity index (χ4v) is 3.54. The lowest BCUT2D eigenvalue weighted by Gasteiger charge is -2.08. The highest BCUT2D eigenvalue weighted by Crippen LogP contribution is 2.28. The zero-order valence-corrected chi connectivity index (χ0v) is 16.6. The zero-order chi connectivity index (χ0) is 19.8. The summed E-state index contributed by atoms with van der Waals surface area (Å²) < 4.78 is 27.4. The van der Waals surface area contributed by atoms with Crippen LogP contribution in [-0.2, 0) is 6.42 Å². The minimum Gasteiger partial charge on any atom is -0.204 e. The summed E-state index contributed by atoms with van der Waals surface area (Å²) in [6, 6.07) is 20.6. The van der Waals surface area contributed by atoms with Gasteiger partial charge in [0.05, 0.1) is 0 Å². The van der Waals surface area contributed by atoms with E-state index in [1.54, 1.807) is 6.07 Å². The minimum absolute atomic E-state index is 0.292. The zero-order valence-electron chi connectivity index (χ0n) is 16.6. The summed E-state index contributed by atoms with van der Waals surface area (Å²) >= 11 is 0. The van der Waals surface area contributed by atoms with Gasteiger partial charge in [-0.1, -0.05) is 99.7 Å². The Labute approximate surface area is 167 Å². The van der Waals surface area contributed by atoms with Gasteiger partial charge in [-0.15, -0.1) is 0 Å². The van der Waals surface area contributed by atoms with Crippen LogP contribution in [0.5, 0.6) is 0 Å². The molecule has 0 radical (unpaired) electrons. The average molecular weight is 379 g/mol. The summed E-state index contributed by atoms with van der Waals surface area (Å²) in [7, 11) is 0. The van der Waals surface area contributed by atoms with Gasteiger partial charge in [0.2, 0.25) is 0 Å². The summed E-state index contributed by atoms with van der Waals surface area (Å²) in [4.78, 5) is 0. The second-order valence-corrected chi connectivity index (χ2v) is 7.39. The van der Waals surface area contributed by atoms with E-state index >= 15 is 0 Å². The standard InChI is InChI=1S/C26H28F2/c1-2-3-4-5-6-7-9-20-12-14-21(15-13-20)22-16-18-23(19-17-22)24-10-8-11-25(27)26(24)28/h8,10-19H,2-7,9H2,1H3. The van der Waals surface area contributed by atoms with Crippen molar-refractivity contribution >= 4 is 0 Å². The number of hydrogen-bond donors (Lipinski definition) is 0. The van der Waals surface area contributed by atoms with Gasteiger partial charge in [-0.2, -0.15) is 0 Å². The van der Waals surface area contributed by atoms with Crippen molar-refractivity contribution in [3.63, 3.8) is 0 Å². The van der Waals surface area contributed by atoms with Crippen molar-refractivity contribution in [2.24, 2.45) is 0 Å². The van der Waals surface area contributed by atoms with Crippen molar-refractivity contribution in [2.75, 3.05) is 0 Å². The lowest BCUT2D eigenvalue weighted by molar-refractivity contribution is 0.511. The molecule has 0 saturated carbocycles. The molecule has 0 fully saturated rings. The molecule has 0 amide bonds. The third kappa shape index (κ3) is 5.28. The van der Waals surface area contributed by atoms with Crippen molar-refractivity contribution in [1.82, 2.24) is 0 Å². The molecule has 146 valence electrons. The molecule has 3 aromatic rings. The fraction of sp³-hybridized carbons (Fsp3) is 0.308. The summed E-state index contributed by atoms with van der Waals surface area (Å²) in [5.74, 6) is -1.61. The molecule has 0 unspecified atom stereocenters. The van der Waals surface area contributed by atoms with E-state index in [1.807, 2.05) is 24.3 Å². The smallest absolute Gasteiger partial charge is 0.166 e. The molecule has 0 N–H and O–H groups in total. The molecule has 0 spiro atoms. The lowest BCUT2D eigenvalue weighted by atomic mass is 9.98. The monoisotopic (exact) mass is 378 g/mol. The molecule has 0 aliphatic rings. The van der Waals surface area contributed by atoms with E-state index in [4.69, 9.17) is 0 Å². The quantitative estimate of drug-likeness (QED) is 0.329. The topological polar surface area (TPSA) is 0 Å². The first-order valence-electron chi connectivity index (χ1n) is 10.3. The van der Waals surface area contributed by atoms with E-state index in [9.17, 15) is 8.78 Å². The summed E-state index contributed by atoms with van der Waals surface area (Å²) in [6.07, 6.45) is 9.01. The van der Waals surface area contributed by atoms with Gasteiger partial charge in [-0.3, -0.25) is 0 Å². The number of unbranched alkanes of at least 4 members (excludes halogenated alkanes) is 5. The molecule has 0 aliphatic heterocycles. The van der Waals surface area contributed by atoms with E-state index < -0.39 is 11.6 Å². The van der Waals surface area contributed by atoms with E-state index in [-0.39, 0.29) is 0 Å². The molecule has 2 heteroatoms. The van der Waals surface area contributed by atoms with Crippen LogP contribution in [0.3, 0.4) is 0 Å². The predicted octanol–water partition coefficient (Wildman–Crippen LogP) is 8.20. The van der Waals surface area contributed by atoms with Crippen molar-refractivity contribution in [1.29, 1.82) is 0 Å². The number of halogens is 2. The van der Waals surface area contributed by atoms with Gasteiger partial charge in [-0.05, 0) is 41.2 Å². The van der Waals surface area contributed by atoms with Crippen LogP contribution in [-0.4, -0.2) is 0 Å². The molecule has 0 heterocycles. The van der Waals surface area contributed by atoms with Gasteiger partial charge in [0.15, 0.2) is 11.6 Å². The van der Waals surface area contributed by atoms with Crippen LogP contribution >= 0.6 is 0 Å². The van der Waals surface area contributed by atoms with Gasteiger partial charge in [-0.25, -0.2) is 8.78 Å². The number of hydrogen-bond acceptors (Lipinski definition) is 0. The predicted molar refractivity (Wildman–Crippen MR) is 114 cm³/mol.